The van der Waals surface area contributed by atoms with E-state index >= 15 is 0 Å². The molecule has 1 aliphatic heterocycles. The number of nitro benzene ring substituents is 1. The molecule has 1 aromatic rings. The molecule has 1 amide bonds. The van der Waals surface area contributed by atoms with Crippen LogP contribution in [-0.4, -0.2) is 28.2 Å². The number of aryl methyl sites for hydroxylation is 2. The van der Waals surface area contributed by atoms with Crippen LogP contribution < -0.4 is 4.90 Å². The second-order valence-electron chi connectivity index (χ2n) is 5.58. The second-order valence-corrected chi connectivity index (χ2v) is 6.78. The number of hydrogen-bond donors (Lipinski definition) is 0. The summed E-state index contributed by atoms with van der Waals surface area (Å²) in [5.74, 6) is 0.488. The summed E-state index contributed by atoms with van der Waals surface area (Å²) in [5.41, 5.74) is 1.87. The number of carbonyl (C=O) groups is 2. The Bertz CT molecular complexity index is 645. The van der Waals surface area contributed by atoms with Crippen molar-refractivity contribution in [3.05, 3.63) is 33.4 Å². The molecule has 0 spiro atoms. The lowest BCUT2D eigenvalue weighted by atomic mass is 10.1. The summed E-state index contributed by atoms with van der Waals surface area (Å²) in [5, 5.41) is 11.3. The summed E-state index contributed by atoms with van der Waals surface area (Å²) in [6.45, 7) is 5.49. The molecule has 1 heterocycles. The lowest BCUT2D eigenvalue weighted by Gasteiger charge is -2.19. The lowest BCUT2D eigenvalue weighted by Crippen LogP contribution is -2.26. The van der Waals surface area contributed by atoms with E-state index in [-0.39, 0.29) is 22.6 Å². The Hall–Kier alpha value is -1.89. The van der Waals surface area contributed by atoms with Gasteiger partial charge < -0.3 is 4.90 Å². The van der Waals surface area contributed by atoms with Crippen molar-refractivity contribution in [1.82, 2.24) is 0 Å². The predicted molar refractivity (Wildman–Crippen MR) is 86.2 cm³/mol. The average molecular weight is 322 g/mol. The first kappa shape index (κ1) is 16.5. The van der Waals surface area contributed by atoms with Crippen LogP contribution in [0.4, 0.5) is 11.4 Å². The van der Waals surface area contributed by atoms with Crippen LogP contribution in [0.1, 0.15) is 24.5 Å². The van der Waals surface area contributed by atoms with Crippen LogP contribution in [0.5, 0.6) is 0 Å². The SMILES string of the molecule is CC(=O)SCC1CC(=O)N(c2c(C)cc(C)cc2[N+](=O)[O-])C1. The van der Waals surface area contributed by atoms with Crippen molar-refractivity contribution in [1.29, 1.82) is 0 Å². The number of benzene rings is 1. The Balaban J connectivity index is 2.30. The molecule has 2 rings (SSSR count). The molecule has 6 nitrogen and oxygen atoms in total. The topological polar surface area (TPSA) is 80.5 Å². The molecule has 0 bridgehead atoms. The fourth-order valence-electron chi connectivity index (χ4n) is 2.77. The number of nitro groups is 1. The highest BCUT2D eigenvalue weighted by atomic mass is 32.2. The molecule has 1 fully saturated rings. The lowest BCUT2D eigenvalue weighted by molar-refractivity contribution is -0.384. The van der Waals surface area contributed by atoms with Gasteiger partial charge in [0.05, 0.1) is 4.92 Å². The molecular formula is C15H18N2O4S. The van der Waals surface area contributed by atoms with Crippen LogP contribution in [0.3, 0.4) is 0 Å². The molecule has 0 radical (unpaired) electrons. The molecule has 118 valence electrons. The summed E-state index contributed by atoms with van der Waals surface area (Å²) in [6.07, 6.45) is 0.324. The number of rotatable bonds is 4. The molecule has 7 heteroatoms. The molecule has 22 heavy (non-hydrogen) atoms. The predicted octanol–water partition coefficient (Wildman–Crippen LogP) is 2.84. The standard InChI is InChI=1S/C15H18N2O4S/c1-9-4-10(2)15(13(5-9)17(20)21)16-7-12(6-14(16)19)8-22-11(3)18/h4-5,12H,6-8H2,1-3H3. The van der Waals surface area contributed by atoms with Crippen LogP contribution in [0.2, 0.25) is 0 Å². The van der Waals surface area contributed by atoms with Gasteiger partial charge in [0.2, 0.25) is 5.91 Å². The molecular weight excluding hydrogens is 304 g/mol. The zero-order chi connectivity index (χ0) is 16.4. The highest BCUT2D eigenvalue weighted by Crippen LogP contribution is 2.37. The van der Waals surface area contributed by atoms with Crippen molar-refractivity contribution >= 4 is 34.2 Å². The van der Waals surface area contributed by atoms with E-state index in [1.807, 2.05) is 6.07 Å². The van der Waals surface area contributed by atoms with Crippen LogP contribution in [0, 0.1) is 29.9 Å². The third kappa shape index (κ3) is 3.47. The Morgan fingerprint density at radius 3 is 2.73 bits per heavy atom. The summed E-state index contributed by atoms with van der Waals surface area (Å²) in [7, 11) is 0. The second kappa shape index (κ2) is 6.48. The van der Waals surface area contributed by atoms with Gasteiger partial charge in [0.15, 0.2) is 5.12 Å². The normalized spacial score (nSPS) is 17.9. The zero-order valence-corrected chi connectivity index (χ0v) is 13.6. The molecule has 1 saturated heterocycles. The minimum atomic E-state index is -0.444. The van der Waals surface area contributed by atoms with E-state index in [0.717, 1.165) is 11.1 Å². The molecule has 0 N–H and O–H groups in total. The van der Waals surface area contributed by atoms with Crippen LogP contribution in [0.15, 0.2) is 12.1 Å². The van der Waals surface area contributed by atoms with E-state index in [4.69, 9.17) is 0 Å². The largest absolute Gasteiger partial charge is 0.306 e. The maximum atomic E-state index is 12.3. The van der Waals surface area contributed by atoms with Crippen LogP contribution in [-0.2, 0) is 9.59 Å². The Morgan fingerprint density at radius 2 is 2.14 bits per heavy atom. The number of anilines is 1. The van der Waals surface area contributed by atoms with E-state index in [0.29, 0.717) is 24.4 Å². The third-order valence-electron chi connectivity index (χ3n) is 3.62. The summed E-state index contributed by atoms with van der Waals surface area (Å²) >= 11 is 1.19. The molecule has 0 saturated carbocycles. The number of carbonyl (C=O) groups excluding carboxylic acids is 2. The van der Waals surface area contributed by atoms with Gasteiger partial charge in [0.1, 0.15) is 5.69 Å². The molecule has 1 atom stereocenters. The maximum Gasteiger partial charge on any atom is 0.293 e. The fourth-order valence-corrected chi connectivity index (χ4v) is 3.47. The van der Waals surface area contributed by atoms with E-state index < -0.39 is 4.92 Å². The molecule has 0 aliphatic carbocycles. The first-order valence-electron chi connectivity index (χ1n) is 6.99. The number of thioether (sulfide) groups is 1. The molecule has 1 unspecified atom stereocenters. The van der Waals surface area contributed by atoms with Crippen molar-refractivity contribution in [3.8, 4) is 0 Å². The Kier molecular flexibility index (Phi) is 4.85. The highest BCUT2D eigenvalue weighted by molar-refractivity contribution is 8.13. The van der Waals surface area contributed by atoms with Gasteiger partial charge in [-0.2, -0.15) is 0 Å². The molecule has 1 aromatic carbocycles. The van der Waals surface area contributed by atoms with Gasteiger partial charge in [-0.15, -0.1) is 0 Å². The smallest absolute Gasteiger partial charge is 0.293 e. The van der Waals surface area contributed by atoms with E-state index in [9.17, 15) is 19.7 Å². The van der Waals surface area contributed by atoms with Gasteiger partial charge in [0.25, 0.3) is 5.69 Å². The van der Waals surface area contributed by atoms with Crippen LogP contribution in [0.25, 0.3) is 0 Å². The Morgan fingerprint density at radius 1 is 1.45 bits per heavy atom. The zero-order valence-electron chi connectivity index (χ0n) is 12.8. The monoisotopic (exact) mass is 322 g/mol. The van der Waals surface area contributed by atoms with Crippen molar-refractivity contribution in [2.45, 2.75) is 27.2 Å². The van der Waals surface area contributed by atoms with Gasteiger partial charge in [-0.25, -0.2) is 0 Å². The van der Waals surface area contributed by atoms with Gasteiger partial charge in [-0.05, 0) is 30.9 Å². The quantitative estimate of drug-likeness (QED) is 0.629. The van der Waals surface area contributed by atoms with E-state index in [1.54, 1.807) is 13.8 Å². The minimum Gasteiger partial charge on any atom is -0.306 e. The molecule has 0 aromatic heterocycles. The van der Waals surface area contributed by atoms with Crippen molar-refractivity contribution in [2.24, 2.45) is 5.92 Å². The summed E-state index contributed by atoms with van der Waals surface area (Å²) in [4.78, 5) is 35.7. The highest BCUT2D eigenvalue weighted by Gasteiger charge is 2.35. The van der Waals surface area contributed by atoms with E-state index in [2.05, 4.69) is 0 Å². The van der Waals surface area contributed by atoms with Crippen molar-refractivity contribution in [2.75, 3.05) is 17.2 Å². The average Bonchev–Trinajstić information content (AvgIpc) is 2.76. The first-order chi connectivity index (χ1) is 10.3. The van der Waals surface area contributed by atoms with Crippen LogP contribution >= 0.6 is 11.8 Å². The Labute approximate surface area is 133 Å². The first-order valence-corrected chi connectivity index (χ1v) is 7.97. The molecule has 1 aliphatic rings. The number of hydrogen-bond acceptors (Lipinski definition) is 5. The fraction of sp³-hybridized carbons (Fsp3) is 0.467. The number of nitrogens with zero attached hydrogens (tertiary/aromatic N) is 2. The summed E-state index contributed by atoms with van der Waals surface area (Å²) in [6, 6.07) is 3.33. The minimum absolute atomic E-state index is 0.0170. The van der Waals surface area contributed by atoms with Gasteiger partial charge in [0, 0.05) is 31.7 Å². The summed E-state index contributed by atoms with van der Waals surface area (Å²) < 4.78 is 0. The van der Waals surface area contributed by atoms with Gasteiger partial charge in [-0.3, -0.25) is 19.7 Å². The van der Waals surface area contributed by atoms with E-state index in [1.165, 1.54) is 29.7 Å². The maximum absolute atomic E-state index is 12.3. The van der Waals surface area contributed by atoms with Gasteiger partial charge in [-0.1, -0.05) is 17.8 Å². The van der Waals surface area contributed by atoms with Gasteiger partial charge >= 0.3 is 0 Å². The number of amides is 1. The third-order valence-corrected chi connectivity index (χ3v) is 4.66. The van der Waals surface area contributed by atoms with Crippen molar-refractivity contribution < 1.29 is 14.5 Å². The van der Waals surface area contributed by atoms with Crippen molar-refractivity contribution in [3.63, 3.8) is 0 Å².